The van der Waals surface area contributed by atoms with Gasteiger partial charge in [-0.3, -0.25) is 4.79 Å². The molecule has 112 valence electrons. The minimum Gasteiger partial charge on any atom is -0.337 e. The van der Waals surface area contributed by atoms with Gasteiger partial charge in [-0.25, -0.2) is 4.39 Å². The largest absolute Gasteiger partial charge is 0.337 e. The van der Waals surface area contributed by atoms with Gasteiger partial charge in [0.1, 0.15) is 5.82 Å². The number of benzene rings is 2. The van der Waals surface area contributed by atoms with Crippen LogP contribution < -0.4 is 0 Å². The lowest BCUT2D eigenvalue weighted by atomic mass is 10.1. The van der Waals surface area contributed by atoms with Crippen molar-refractivity contribution in [3.05, 3.63) is 70.4 Å². The second-order valence-electron chi connectivity index (χ2n) is 5.44. The van der Waals surface area contributed by atoms with Crippen molar-refractivity contribution in [3.8, 4) is 0 Å². The van der Waals surface area contributed by atoms with E-state index in [1.807, 2.05) is 31.2 Å². The highest BCUT2D eigenvalue weighted by molar-refractivity contribution is 7.20. The fourth-order valence-electron chi connectivity index (χ4n) is 2.35. The van der Waals surface area contributed by atoms with Crippen LogP contribution in [0.15, 0.2) is 48.5 Å². The fraction of sp³-hybridized carbons (Fsp3) is 0.167. The molecule has 3 aromatic rings. The Labute approximate surface area is 132 Å². The quantitative estimate of drug-likeness (QED) is 0.691. The number of hydrogen-bond donors (Lipinski definition) is 0. The van der Waals surface area contributed by atoms with E-state index in [9.17, 15) is 9.18 Å². The third kappa shape index (κ3) is 3.02. The molecule has 0 saturated heterocycles. The monoisotopic (exact) mass is 313 g/mol. The first-order chi connectivity index (χ1) is 10.5. The Morgan fingerprint density at radius 3 is 2.59 bits per heavy atom. The molecule has 0 aliphatic heterocycles. The highest BCUT2D eigenvalue weighted by Crippen LogP contribution is 2.27. The predicted octanol–water partition coefficient (Wildman–Crippen LogP) is 4.62. The van der Waals surface area contributed by atoms with Gasteiger partial charge in [0.25, 0.3) is 5.91 Å². The van der Waals surface area contributed by atoms with Crippen LogP contribution in [0.4, 0.5) is 4.39 Å². The molecule has 0 aliphatic rings. The summed E-state index contributed by atoms with van der Waals surface area (Å²) >= 11 is 1.40. The van der Waals surface area contributed by atoms with E-state index in [1.165, 1.54) is 29.0 Å². The van der Waals surface area contributed by atoms with E-state index in [2.05, 4.69) is 0 Å². The molecular weight excluding hydrogens is 297 g/mol. The van der Waals surface area contributed by atoms with Crippen LogP contribution in [0.1, 0.15) is 20.8 Å². The van der Waals surface area contributed by atoms with Crippen molar-refractivity contribution in [1.82, 2.24) is 4.90 Å². The smallest absolute Gasteiger partial charge is 0.264 e. The summed E-state index contributed by atoms with van der Waals surface area (Å²) < 4.78 is 14.2. The van der Waals surface area contributed by atoms with Gasteiger partial charge in [0.05, 0.1) is 4.88 Å². The average molecular weight is 313 g/mol. The number of halogens is 1. The van der Waals surface area contributed by atoms with Gasteiger partial charge in [0.15, 0.2) is 0 Å². The van der Waals surface area contributed by atoms with Crippen LogP contribution in [-0.2, 0) is 6.54 Å². The van der Waals surface area contributed by atoms with Crippen LogP contribution in [0.3, 0.4) is 0 Å². The zero-order valence-electron chi connectivity index (χ0n) is 12.5. The molecule has 1 amide bonds. The lowest BCUT2D eigenvalue weighted by molar-refractivity contribution is 0.0790. The van der Waals surface area contributed by atoms with Crippen LogP contribution in [0.25, 0.3) is 10.1 Å². The first-order valence-electron chi connectivity index (χ1n) is 7.03. The Balaban J connectivity index is 1.80. The summed E-state index contributed by atoms with van der Waals surface area (Å²) in [5.41, 5.74) is 2.29. The summed E-state index contributed by atoms with van der Waals surface area (Å²) in [6.45, 7) is 2.59. The number of nitrogens with zero attached hydrogens (tertiary/aromatic N) is 1. The molecule has 3 rings (SSSR count). The summed E-state index contributed by atoms with van der Waals surface area (Å²) in [6.07, 6.45) is 0. The number of rotatable bonds is 3. The van der Waals surface area contributed by atoms with E-state index in [0.717, 1.165) is 15.6 Å². The summed E-state index contributed by atoms with van der Waals surface area (Å²) in [5, 5.41) is 0.775. The van der Waals surface area contributed by atoms with Crippen LogP contribution in [0.5, 0.6) is 0 Å². The van der Waals surface area contributed by atoms with Gasteiger partial charge in [-0.2, -0.15) is 0 Å². The molecule has 1 aromatic heterocycles. The molecule has 4 heteroatoms. The standard InChI is InChI=1S/C18H16FNOS/c1-12-3-5-13(6-4-12)11-20(2)18(21)17-10-14-9-15(19)7-8-16(14)22-17/h3-10H,11H2,1-2H3. The maximum atomic E-state index is 13.2. The van der Waals surface area contributed by atoms with Gasteiger partial charge in [-0.15, -0.1) is 11.3 Å². The Morgan fingerprint density at radius 2 is 1.86 bits per heavy atom. The van der Waals surface area contributed by atoms with Gasteiger partial charge < -0.3 is 4.90 Å². The number of carbonyl (C=O) groups excluding carboxylic acids is 1. The van der Waals surface area contributed by atoms with Crippen LogP contribution in [0.2, 0.25) is 0 Å². The third-order valence-electron chi connectivity index (χ3n) is 3.58. The van der Waals surface area contributed by atoms with Crippen molar-refractivity contribution in [2.45, 2.75) is 13.5 Å². The number of aryl methyl sites for hydroxylation is 1. The summed E-state index contributed by atoms with van der Waals surface area (Å²) in [7, 11) is 1.78. The first kappa shape index (κ1) is 14.7. The minimum absolute atomic E-state index is 0.0396. The number of amides is 1. The number of hydrogen-bond acceptors (Lipinski definition) is 2. The molecule has 2 nitrogen and oxygen atoms in total. The van der Waals surface area contributed by atoms with Gasteiger partial charge in [-0.1, -0.05) is 29.8 Å². The molecular formula is C18H16FNOS. The molecule has 0 spiro atoms. The third-order valence-corrected chi connectivity index (χ3v) is 4.68. The molecule has 2 aromatic carbocycles. The van der Waals surface area contributed by atoms with Crippen molar-refractivity contribution < 1.29 is 9.18 Å². The summed E-state index contributed by atoms with van der Waals surface area (Å²) in [6, 6.07) is 14.5. The molecule has 0 saturated carbocycles. The van der Waals surface area contributed by atoms with E-state index in [1.54, 1.807) is 24.1 Å². The van der Waals surface area contributed by atoms with Crippen LogP contribution in [-0.4, -0.2) is 17.9 Å². The SMILES string of the molecule is Cc1ccc(CN(C)C(=O)c2cc3cc(F)ccc3s2)cc1. The number of carbonyl (C=O) groups is 1. The number of fused-ring (bicyclic) bond motifs is 1. The molecule has 1 heterocycles. The molecule has 0 radical (unpaired) electrons. The predicted molar refractivity (Wildman–Crippen MR) is 88.8 cm³/mol. The van der Waals surface area contributed by atoms with Crippen molar-refractivity contribution in [3.63, 3.8) is 0 Å². The lowest BCUT2D eigenvalue weighted by Gasteiger charge is -2.16. The maximum Gasteiger partial charge on any atom is 0.264 e. The zero-order chi connectivity index (χ0) is 15.7. The second-order valence-corrected chi connectivity index (χ2v) is 6.52. The normalized spacial score (nSPS) is 10.9. The van der Waals surface area contributed by atoms with Gasteiger partial charge in [0, 0.05) is 18.3 Å². The lowest BCUT2D eigenvalue weighted by Crippen LogP contribution is -2.25. The van der Waals surface area contributed by atoms with E-state index in [4.69, 9.17) is 0 Å². The first-order valence-corrected chi connectivity index (χ1v) is 7.85. The van der Waals surface area contributed by atoms with E-state index >= 15 is 0 Å². The highest BCUT2D eigenvalue weighted by Gasteiger charge is 2.15. The molecule has 0 atom stereocenters. The Hall–Kier alpha value is -2.20. The van der Waals surface area contributed by atoms with E-state index < -0.39 is 0 Å². The Bertz CT molecular complexity index is 823. The van der Waals surface area contributed by atoms with Gasteiger partial charge in [0.2, 0.25) is 0 Å². The van der Waals surface area contributed by atoms with E-state index in [0.29, 0.717) is 11.4 Å². The van der Waals surface area contributed by atoms with Crippen molar-refractivity contribution in [1.29, 1.82) is 0 Å². The zero-order valence-corrected chi connectivity index (χ0v) is 13.3. The number of thiophene rings is 1. The average Bonchev–Trinajstić information content (AvgIpc) is 2.91. The highest BCUT2D eigenvalue weighted by atomic mass is 32.1. The molecule has 22 heavy (non-hydrogen) atoms. The Morgan fingerprint density at radius 1 is 1.14 bits per heavy atom. The Kier molecular flexibility index (Phi) is 3.94. The van der Waals surface area contributed by atoms with Crippen molar-refractivity contribution in [2.24, 2.45) is 0 Å². The fourth-order valence-corrected chi connectivity index (χ4v) is 3.38. The molecule has 0 aliphatic carbocycles. The van der Waals surface area contributed by atoms with Gasteiger partial charge >= 0.3 is 0 Å². The van der Waals surface area contributed by atoms with E-state index in [-0.39, 0.29) is 11.7 Å². The molecule has 0 bridgehead atoms. The summed E-state index contributed by atoms with van der Waals surface area (Å²) in [4.78, 5) is 14.8. The molecule has 0 fully saturated rings. The molecule has 0 unspecified atom stereocenters. The van der Waals surface area contributed by atoms with Crippen molar-refractivity contribution >= 4 is 27.3 Å². The maximum absolute atomic E-state index is 13.2. The minimum atomic E-state index is -0.280. The summed E-state index contributed by atoms with van der Waals surface area (Å²) in [5.74, 6) is -0.320. The topological polar surface area (TPSA) is 20.3 Å². The van der Waals surface area contributed by atoms with Crippen LogP contribution >= 0.6 is 11.3 Å². The van der Waals surface area contributed by atoms with Crippen molar-refractivity contribution in [2.75, 3.05) is 7.05 Å². The van der Waals surface area contributed by atoms with Gasteiger partial charge in [-0.05, 0) is 42.1 Å². The second kappa shape index (κ2) is 5.89. The van der Waals surface area contributed by atoms with Crippen LogP contribution in [0, 0.1) is 12.7 Å². The molecule has 0 N–H and O–H groups in total.